The van der Waals surface area contributed by atoms with Gasteiger partial charge in [0.2, 0.25) is 0 Å². The Labute approximate surface area is 54.5 Å². The Bertz CT molecular complexity index is 190. The number of hydrogen-bond donors (Lipinski definition) is 0. The van der Waals surface area contributed by atoms with Crippen LogP contribution < -0.4 is 0 Å². The summed E-state index contributed by atoms with van der Waals surface area (Å²) >= 11 is 0. The molecule has 0 fully saturated rings. The average molecular weight is 151 g/mol. The highest BCUT2D eigenvalue weighted by atomic mass is 19.4. The van der Waals surface area contributed by atoms with Gasteiger partial charge in [0.25, 0.3) is 0 Å². The van der Waals surface area contributed by atoms with Gasteiger partial charge in [0.15, 0.2) is 0 Å². The highest BCUT2D eigenvalue weighted by Gasteiger charge is 2.27. The fourth-order valence-electron chi connectivity index (χ4n) is 0.511. The molecular formula is C4H4F3N3. The number of halogens is 3. The van der Waals surface area contributed by atoms with Crippen molar-refractivity contribution in [1.29, 1.82) is 0 Å². The summed E-state index contributed by atoms with van der Waals surface area (Å²) in [5.74, 6) is 0. The van der Waals surface area contributed by atoms with E-state index in [0.717, 1.165) is 17.2 Å². The zero-order chi connectivity index (χ0) is 7.61. The molecule has 0 aliphatic carbocycles. The summed E-state index contributed by atoms with van der Waals surface area (Å²) in [5, 5.41) is 6.44. The van der Waals surface area contributed by atoms with Crippen LogP contribution in [0.2, 0.25) is 0 Å². The number of aromatic nitrogens is 3. The van der Waals surface area contributed by atoms with Crippen molar-refractivity contribution in [3.05, 3.63) is 12.7 Å². The number of rotatable bonds is 1. The van der Waals surface area contributed by atoms with E-state index in [-0.39, 0.29) is 0 Å². The van der Waals surface area contributed by atoms with Crippen LogP contribution in [0.25, 0.3) is 0 Å². The second kappa shape index (κ2) is 2.28. The second-order valence-electron chi connectivity index (χ2n) is 1.75. The Morgan fingerprint density at radius 2 is 1.70 bits per heavy atom. The molecule has 1 rings (SSSR count). The monoisotopic (exact) mass is 151 g/mol. The fourth-order valence-corrected chi connectivity index (χ4v) is 0.511. The van der Waals surface area contributed by atoms with Crippen molar-refractivity contribution in [2.75, 3.05) is 0 Å². The van der Waals surface area contributed by atoms with E-state index in [0.29, 0.717) is 0 Å². The third kappa shape index (κ3) is 2.04. The lowest BCUT2D eigenvalue weighted by Crippen LogP contribution is -2.16. The van der Waals surface area contributed by atoms with Gasteiger partial charge in [0, 0.05) is 0 Å². The van der Waals surface area contributed by atoms with Crippen molar-refractivity contribution in [3.63, 3.8) is 0 Å². The maximum absolute atomic E-state index is 11.5. The van der Waals surface area contributed by atoms with Gasteiger partial charge in [-0.1, -0.05) is 0 Å². The van der Waals surface area contributed by atoms with E-state index in [2.05, 4.69) is 10.2 Å². The van der Waals surface area contributed by atoms with Gasteiger partial charge in [-0.2, -0.15) is 13.2 Å². The smallest absolute Gasteiger partial charge is 0.311 e. The summed E-state index contributed by atoms with van der Waals surface area (Å²) in [6.07, 6.45) is -2.15. The predicted octanol–water partition coefficient (Wildman–Crippen LogP) is 0.840. The van der Waals surface area contributed by atoms with Crippen molar-refractivity contribution in [2.45, 2.75) is 12.7 Å². The Morgan fingerprint density at radius 1 is 1.20 bits per heavy atom. The zero-order valence-electron chi connectivity index (χ0n) is 4.84. The van der Waals surface area contributed by atoms with Crippen LogP contribution in [0, 0.1) is 0 Å². The molecule has 1 aromatic heterocycles. The summed E-state index contributed by atoms with van der Waals surface area (Å²) in [6, 6.07) is 0. The summed E-state index contributed by atoms with van der Waals surface area (Å²) in [5.41, 5.74) is 0. The topological polar surface area (TPSA) is 30.7 Å². The molecule has 6 heteroatoms. The van der Waals surface area contributed by atoms with Crippen LogP contribution in [-0.4, -0.2) is 20.9 Å². The fraction of sp³-hybridized carbons (Fsp3) is 0.500. The molecule has 3 nitrogen and oxygen atoms in total. The summed E-state index contributed by atoms with van der Waals surface area (Å²) < 4.78 is 35.5. The summed E-state index contributed by atoms with van der Waals surface area (Å²) in [4.78, 5) is 0. The molecule has 0 N–H and O–H groups in total. The Hall–Kier alpha value is -1.07. The van der Waals surface area contributed by atoms with Crippen molar-refractivity contribution in [1.82, 2.24) is 14.8 Å². The van der Waals surface area contributed by atoms with Crippen LogP contribution in [0.1, 0.15) is 0 Å². The van der Waals surface area contributed by atoms with Gasteiger partial charge in [-0.05, 0) is 0 Å². The standard InChI is InChI=1S/C4H4F3N3/c5-4(6,7)1-10-2-8-9-3-10/h2-3H,1H2. The molecule has 10 heavy (non-hydrogen) atoms. The van der Waals surface area contributed by atoms with Crippen LogP contribution in [-0.2, 0) is 6.54 Å². The maximum atomic E-state index is 11.5. The lowest BCUT2D eigenvalue weighted by Gasteiger charge is -2.04. The van der Waals surface area contributed by atoms with Crippen LogP contribution in [0.4, 0.5) is 13.2 Å². The summed E-state index contributed by atoms with van der Waals surface area (Å²) in [6.45, 7) is -1.03. The summed E-state index contributed by atoms with van der Waals surface area (Å²) in [7, 11) is 0. The minimum atomic E-state index is -4.19. The van der Waals surface area contributed by atoms with Crippen LogP contribution >= 0.6 is 0 Å². The highest BCUT2D eigenvalue weighted by Crippen LogP contribution is 2.16. The zero-order valence-corrected chi connectivity index (χ0v) is 4.84. The highest BCUT2D eigenvalue weighted by molar-refractivity contribution is 4.63. The molecule has 0 atom stereocenters. The predicted molar refractivity (Wildman–Crippen MR) is 26.1 cm³/mol. The van der Waals surface area contributed by atoms with Gasteiger partial charge < -0.3 is 4.57 Å². The van der Waals surface area contributed by atoms with Gasteiger partial charge >= 0.3 is 6.18 Å². The molecule has 0 bridgehead atoms. The van der Waals surface area contributed by atoms with Gasteiger partial charge in [0.05, 0.1) is 0 Å². The largest absolute Gasteiger partial charge is 0.406 e. The lowest BCUT2D eigenvalue weighted by molar-refractivity contribution is -0.140. The average Bonchev–Trinajstić information content (AvgIpc) is 2.12. The molecule has 0 aliphatic heterocycles. The number of nitrogens with zero attached hydrogens (tertiary/aromatic N) is 3. The normalized spacial score (nSPS) is 11.9. The molecule has 0 amide bonds. The van der Waals surface area contributed by atoms with Crippen molar-refractivity contribution < 1.29 is 13.2 Å². The maximum Gasteiger partial charge on any atom is 0.406 e. The Balaban J connectivity index is 2.57. The Morgan fingerprint density at radius 3 is 2.10 bits per heavy atom. The molecule has 56 valence electrons. The third-order valence-corrected chi connectivity index (χ3v) is 0.828. The SMILES string of the molecule is FC(F)(F)Cn1cnnc1. The van der Waals surface area contributed by atoms with Crippen LogP contribution in [0.5, 0.6) is 0 Å². The molecule has 0 unspecified atom stereocenters. The van der Waals surface area contributed by atoms with E-state index in [1.807, 2.05) is 0 Å². The molecule has 0 radical (unpaired) electrons. The van der Waals surface area contributed by atoms with E-state index in [4.69, 9.17) is 0 Å². The molecule has 1 aromatic rings. The van der Waals surface area contributed by atoms with Gasteiger partial charge in [0.1, 0.15) is 19.2 Å². The first-order valence-electron chi connectivity index (χ1n) is 2.47. The van der Waals surface area contributed by atoms with Crippen LogP contribution in [0.15, 0.2) is 12.7 Å². The van der Waals surface area contributed by atoms with E-state index < -0.39 is 12.7 Å². The lowest BCUT2D eigenvalue weighted by atomic mass is 10.6. The molecule has 0 spiro atoms. The minimum absolute atomic E-state index is 0.861. The van der Waals surface area contributed by atoms with E-state index in [1.54, 1.807) is 0 Å². The Kier molecular flexibility index (Phi) is 1.60. The first-order valence-corrected chi connectivity index (χ1v) is 2.47. The second-order valence-corrected chi connectivity index (χ2v) is 1.75. The first kappa shape index (κ1) is 7.04. The number of hydrogen-bond acceptors (Lipinski definition) is 2. The minimum Gasteiger partial charge on any atom is -0.311 e. The molecular weight excluding hydrogens is 147 g/mol. The first-order chi connectivity index (χ1) is 4.58. The van der Waals surface area contributed by atoms with Crippen LogP contribution in [0.3, 0.4) is 0 Å². The molecule has 0 saturated heterocycles. The molecule has 0 saturated carbocycles. The van der Waals surface area contributed by atoms with E-state index in [1.165, 1.54) is 0 Å². The molecule has 0 aliphatic rings. The van der Waals surface area contributed by atoms with Gasteiger partial charge in [-0.3, -0.25) is 0 Å². The van der Waals surface area contributed by atoms with Gasteiger partial charge in [-0.25, -0.2) is 0 Å². The van der Waals surface area contributed by atoms with E-state index >= 15 is 0 Å². The van der Waals surface area contributed by atoms with E-state index in [9.17, 15) is 13.2 Å². The third-order valence-electron chi connectivity index (χ3n) is 0.828. The van der Waals surface area contributed by atoms with Crippen molar-refractivity contribution in [2.24, 2.45) is 0 Å². The van der Waals surface area contributed by atoms with Crippen molar-refractivity contribution >= 4 is 0 Å². The molecule has 0 aromatic carbocycles. The molecule has 1 heterocycles. The quantitative estimate of drug-likeness (QED) is 0.595. The number of alkyl halides is 3. The van der Waals surface area contributed by atoms with Gasteiger partial charge in [-0.15, -0.1) is 10.2 Å². The van der Waals surface area contributed by atoms with Crippen molar-refractivity contribution in [3.8, 4) is 0 Å².